The zero-order valence-corrected chi connectivity index (χ0v) is 17.1. The highest BCUT2D eigenvalue weighted by Crippen LogP contribution is 2.34. The predicted octanol–water partition coefficient (Wildman–Crippen LogP) is 2.18. The molecule has 0 bridgehead atoms. The van der Waals surface area contributed by atoms with E-state index in [0.29, 0.717) is 6.54 Å². The predicted molar refractivity (Wildman–Crippen MR) is 112 cm³/mol. The molecule has 0 aliphatic carbocycles. The fraction of sp³-hybridized carbons (Fsp3) is 0.348. The molecule has 1 atom stereocenters. The number of para-hydroxylation sites is 1. The highest BCUT2D eigenvalue weighted by atomic mass is 16.5. The van der Waals surface area contributed by atoms with E-state index in [2.05, 4.69) is 0 Å². The number of carbonyl (C=O) groups excluding carboxylic acids is 1. The van der Waals surface area contributed by atoms with Crippen LogP contribution in [0.1, 0.15) is 48.3 Å². The Labute approximate surface area is 177 Å². The van der Waals surface area contributed by atoms with Crippen molar-refractivity contribution in [3.05, 3.63) is 73.6 Å². The van der Waals surface area contributed by atoms with E-state index in [-0.39, 0.29) is 35.7 Å². The average molecular weight is 425 g/mol. The van der Waals surface area contributed by atoms with E-state index in [0.717, 1.165) is 35.4 Å². The molecule has 31 heavy (non-hydrogen) atoms. The Morgan fingerprint density at radius 3 is 2.84 bits per heavy atom. The van der Waals surface area contributed by atoms with Crippen molar-refractivity contribution in [3.8, 4) is 5.75 Å². The van der Waals surface area contributed by atoms with Crippen molar-refractivity contribution in [1.82, 2.24) is 4.57 Å². The summed E-state index contributed by atoms with van der Waals surface area (Å²) in [5, 5.41) is 20.7. The second-order valence-electron chi connectivity index (χ2n) is 7.52. The van der Waals surface area contributed by atoms with Crippen molar-refractivity contribution in [2.45, 2.75) is 45.3 Å². The molecule has 2 N–H and O–H groups in total. The zero-order valence-electron chi connectivity index (χ0n) is 17.1. The Morgan fingerprint density at radius 1 is 1.29 bits per heavy atom. The summed E-state index contributed by atoms with van der Waals surface area (Å²) < 4.78 is 12.3. The number of ether oxygens (including phenoxy) is 1. The number of pyridine rings is 1. The van der Waals surface area contributed by atoms with Gasteiger partial charge in [0.05, 0.1) is 24.5 Å². The summed E-state index contributed by atoms with van der Waals surface area (Å²) in [5.74, 6) is -2.66. The van der Waals surface area contributed by atoms with Gasteiger partial charge in [-0.15, -0.1) is 0 Å². The Bertz CT molecular complexity index is 1270. The van der Waals surface area contributed by atoms with Crippen LogP contribution >= 0.6 is 0 Å². The third-order valence-corrected chi connectivity index (χ3v) is 5.58. The maximum atomic E-state index is 13.5. The second kappa shape index (κ2) is 8.39. The molecule has 0 fully saturated rings. The number of aromatic hydroxyl groups is 1. The Balaban J connectivity index is 1.98. The van der Waals surface area contributed by atoms with Crippen molar-refractivity contribution in [2.75, 3.05) is 6.61 Å². The largest absolute Gasteiger partial charge is 0.502 e. The fourth-order valence-corrected chi connectivity index (χ4v) is 4.24. The summed E-state index contributed by atoms with van der Waals surface area (Å²) in [6, 6.07) is 8.43. The standard InChI is InChI=1S/C23H23NO7/c1-2-30-19(27)11-16(22-21(28)18(26)10-15(12-25)31-22)17-9-14-6-3-5-13-7-4-8-24(20(13)14)23(17)29/h3,5-6,9-10,16,25,28H,2,4,7-8,11-12H2,1H3. The first kappa shape index (κ1) is 20.9. The molecule has 1 aromatic carbocycles. The number of hydrogen-bond donors (Lipinski definition) is 2. The van der Waals surface area contributed by atoms with Gasteiger partial charge in [-0.1, -0.05) is 18.2 Å². The molecule has 0 amide bonds. The fourth-order valence-electron chi connectivity index (χ4n) is 4.24. The summed E-state index contributed by atoms with van der Waals surface area (Å²) in [5.41, 5.74) is 1.07. The number of carbonyl (C=O) groups is 1. The van der Waals surface area contributed by atoms with Crippen LogP contribution in [-0.2, 0) is 29.1 Å². The number of aliphatic hydroxyl groups is 1. The smallest absolute Gasteiger partial charge is 0.306 e. The van der Waals surface area contributed by atoms with Crippen LogP contribution in [0.2, 0.25) is 0 Å². The molecule has 1 unspecified atom stereocenters. The molecule has 162 valence electrons. The van der Waals surface area contributed by atoms with E-state index in [1.54, 1.807) is 17.6 Å². The monoisotopic (exact) mass is 425 g/mol. The van der Waals surface area contributed by atoms with E-state index >= 15 is 0 Å². The van der Waals surface area contributed by atoms with Gasteiger partial charge in [-0.05, 0) is 36.8 Å². The highest BCUT2D eigenvalue weighted by Gasteiger charge is 2.30. The van der Waals surface area contributed by atoms with Crippen LogP contribution < -0.4 is 11.0 Å². The summed E-state index contributed by atoms with van der Waals surface area (Å²) in [4.78, 5) is 38.0. The number of benzene rings is 1. The summed E-state index contributed by atoms with van der Waals surface area (Å²) in [6.45, 7) is 1.76. The van der Waals surface area contributed by atoms with Gasteiger partial charge in [0.15, 0.2) is 5.76 Å². The number of esters is 1. The molecule has 4 rings (SSSR count). The first-order valence-corrected chi connectivity index (χ1v) is 10.2. The van der Waals surface area contributed by atoms with Crippen LogP contribution in [0.25, 0.3) is 10.9 Å². The molecule has 3 heterocycles. The van der Waals surface area contributed by atoms with Gasteiger partial charge in [-0.3, -0.25) is 14.4 Å². The van der Waals surface area contributed by atoms with Crippen LogP contribution in [0.3, 0.4) is 0 Å². The van der Waals surface area contributed by atoms with Crippen LogP contribution in [0.4, 0.5) is 0 Å². The molecule has 8 heteroatoms. The molecule has 3 aromatic rings. The van der Waals surface area contributed by atoms with E-state index in [1.807, 2.05) is 18.2 Å². The lowest BCUT2D eigenvalue weighted by Crippen LogP contribution is -2.30. The molecule has 2 aromatic heterocycles. The van der Waals surface area contributed by atoms with Crippen LogP contribution in [0.5, 0.6) is 5.75 Å². The quantitative estimate of drug-likeness (QED) is 0.581. The maximum Gasteiger partial charge on any atom is 0.306 e. The summed E-state index contributed by atoms with van der Waals surface area (Å²) >= 11 is 0. The lowest BCUT2D eigenvalue weighted by molar-refractivity contribution is -0.143. The third-order valence-electron chi connectivity index (χ3n) is 5.58. The number of aliphatic hydroxyl groups excluding tert-OH is 1. The molecule has 1 aliphatic rings. The summed E-state index contributed by atoms with van der Waals surface area (Å²) in [6.07, 6.45) is 1.37. The van der Waals surface area contributed by atoms with E-state index in [4.69, 9.17) is 9.15 Å². The third kappa shape index (κ3) is 3.74. The van der Waals surface area contributed by atoms with E-state index in [9.17, 15) is 24.6 Å². The van der Waals surface area contributed by atoms with Gasteiger partial charge in [0.2, 0.25) is 11.2 Å². The first-order chi connectivity index (χ1) is 14.9. The summed E-state index contributed by atoms with van der Waals surface area (Å²) in [7, 11) is 0. The topological polar surface area (TPSA) is 119 Å². The molecule has 0 spiro atoms. The van der Waals surface area contributed by atoms with Gasteiger partial charge < -0.3 is 23.9 Å². The highest BCUT2D eigenvalue weighted by molar-refractivity contribution is 5.84. The normalized spacial score (nSPS) is 13.9. The first-order valence-electron chi connectivity index (χ1n) is 10.2. The van der Waals surface area contributed by atoms with Crippen molar-refractivity contribution in [1.29, 1.82) is 0 Å². The lowest BCUT2D eigenvalue weighted by atomic mass is 9.90. The lowest BCUT2D eigenvalue weighted by Gasteiger charge is -2.23. The minimum Gasteiger partial charge on any atom is -0.502 e. The zero-order chi connectivity index (χ0) is 22.1. The van der Waals surface area contributed by atoms with Crippen molar-refractivity contribution < 1.29 is 24.2 Å². The Hall–Kier alpha value is -3.39. The number of nitrogens with zero attached hydrogens (tertiary/aromatic N) is 1. The molecule has 0 saturated carbocycles. The second-order valence-corrected chi connectivity index (χ2v) is 7.52. The van der Waals surface area contributed by atoms with Crippen LogP contribution in [0, 0.1) is 0 Å². The van der Waals surface area contributed by atoms with Crippen LogP contribution in [0.15, 0.2) is 44.3 Å². The Kier molecular flexibility index (Phi) is 5.65. The van der Waals surface area contributed by atoms with Crippen molar-refractivity contribution >= 4 is 16.9 Å². The molecule has 1 aliphatic heterocycles. The van der Waals surface area contributed by atoms with Crippen molar-refractivity contribution in [3.63, 3.8) is 0 Å². The van der Waals surface area contributed by atoms with Gasteiger partial charge in [0.25, 0.3) is 5.56 Å². The number of hydrogen-bond acceptors (Lipinski definition) is 7. The molecule has 8 nitrogen and oxygen atoms in total. The molecular formula is C23H23NO7. The number of rotatable bonds is 6. The number of aryl methyl sites for hydroxylation is 2. The van der Waals surface area contributed by atoms with Gasteiger partial charge in [0, 0.05) is 18.2 Å². The maximum absolute atomic E-state index is 13.5. The van der Waals surface area contributed by atoms with Gasteiger partial charge in [0.1, 0.15) is 12.4 Å². The average Bonchev–Trinajstić information content (AvgIpc) is 2.77. The SMILES string of the molecule is CCOC(=O)CC(c1oc(CO)cc(=O)c1O)c1cc2cccc3c2n(c1=O)CCC3. The minimum atomic E-state index is -1.05. The van der Waals surface area contributed by atoms with Gasteiger partial charge in [-0.2, -0.15) is 0 Å². The molecule has 0 radical (unpaired) electrons. The van der Waals surface area contributed by atoms with E-state index in [1.165, 1.54) is 0 Å². The molecule has 0 saturated heterocycles. The van der Waals surface area contributed by atoms with Crippen molar-refractivity contribution in [2.24, 2.45) is 0 Å². The van der Waals surface area contributed by atoms with Gasteiger partial charge in [-0.25, -0.2) is 0 Å². The van der Waals surface area contributed by atoms with Crippen LogP contribution in [-0.4, -0.2) is 27.4 Å². The Morgan fingerprint density at radius 2 is 2.10 bits per heavy atom. The number of aromatic nitrogens is 1. The van der Waals surface area contributed by atoms with E-state index < -0.39 is 29.7 Å². The molecular weight excluding hydrogens is 402 g/mol. The van der Waals surface area contributed by atoms with Gasteiger partial charge >= 0.3 is 5.97 Å². The minimum absolute atomic E-state index is 0.0730.